The SMILES string of the molecule is COC(=O)c1ccc(-n2c(C)cc(C(=O)COC(=O)c3cc(OC)c(OC)c(OC)c3)c2C)cc1. The van der Waals surface area contributed by atoms with Gasteiger partial charge in [-0.2, -0.15) is 0 Å². The molecule has 1 heterocycles. The molecule has 35 heavy (non-hydrogen) atoms. The summed E-state index contributed by atoms with van der Waals surface area (Å²) in [5.74, 6) is -0.545. The van der Waals surface area contributed by atoms with Crippen LogP contribution in [0.25, 0.3) is 5.69 Å². The topological polar surface area (TPSA) is 102 Å². The lowest BCUT2D eigenvalue weighted by Gasteiger charge is -2.13. The number of esters is 2. The quantitative estimate of drug-likeness (QED) is 0.334. The predicted octanol–water partition coefficient (Wildman–Crippen LogP) is 3.95. The number of hydrogen-bond acceptors (Lipinski definition) is 8. The number of benzene rings is 2. The monoisotopic (exact) mass is 481 g/mol. The van der Waals surface area contributed by atoms with E-state index in [9.17, 15) is 14.4 Å². The Bertz CT molecular complexity index is 1230. The van der Waals surface area contributed by atoms with E-state index in [2.05, 4.69) is 0 Å². The molecule has 9 nitrogen and oxygen atoms in total. The largest absolute Gasteiger partial charge is 0.493 e. The second-order valence-corrected chi connectivity index (χ2v) is 7.57. The Hall–Kier alpha value is -4.27. The second-order valence-electron chi connectivity index (χ2n) is 7.57. The first-order valence-corrected chi connectivity index (χ1v) is 10.6. The lowest BCUT2D eigenvalue weighted by Crippen LogP contribution is -2.15. The van der Waals surface area contributed by atoms with Gasteiger partial charge in [0.2, 0.25) is 11.5 Å². The first-order valence-electron chi connectivity index (χ1n) is 10.6. The Morgan fingerprint density at radius 3 is 1.89 bits per heavy atom. The van der Waals surface area contributed by atoms with Crippen molar-refractivity contribution in [2.45, 2.75) is 13.8 Å². The molecule has 0 aliphatic carbocycles. The molecule has 0 aliphatic rings. The number of rotatable bonds is 9. The number of aryl methyl sites for hydroxylation is 1. The van der Waals surface area contributed by atoms with E-state index < -0.39 is 18.5 Å². The van der Waals surface area contributed by atoms with Gasteiger partial charge in [0, 0.05) is 22.6 Å². The molecule has 9 heteroatoms. The van der Waals surface area contributed by atoms with Gasteiger partial charge < -0.3 is 28.3 Å². The van der Waals surface area contributed by atoms with Crippen LogP contribution < -0.4 is 14.2 Å². The van der Waals surface area contributed by atoms with Gasteiger partial charge in [-0.15, -0.1) is 0 Å². The standard InChI is InChI=1S/C26H27NO8/c1-15-11-20(16(2)27(15)19-9-7-17(8-10-19)25(29)34-6)21(28)14-35-26(30)18-12-22(31-3)24(33-5)23(13-18)32-4/h7-13H,14H2,1-6H3. The molecule has 1 aromatic heterocycles. The van der Waals surface area contributed by atoms with E-state index >= 15 is 0 Å². The number of Topliss-reactive ketones (excluding diaryl/α,β-unsaturated/α-hetero) is 1. The fraction of sp³-hybridized carbons (Fsp3) is 0.269. The summed E-state index contributed by atoms with van der Waals surface area (Å²) in [6.45, 7) is 3.22. The summed E-state index contributed by atoms with van der Waals surface area (Å²) in [6.07, 6.45) is 0. The van der Waals surface area contributed by atoms with Crippen molar-refractivity contribution in [3.63, 3.8) is 0 Å². The van der Waals surface area contributed by atoms with Crippen LogP contribution in [0.15, 0.2) is 42.5 Å². The minimum absolute atomic E-state index is 0.156. The van der Waals surface area contributed by atoms with Crippen molar-refractivity contribution in [3.05, 3.63) is 70.5 Å². The maximum atomic E-state index is 12.9. The molecule has 3 aromatic rings. The first kappa shape index (κ1) is 25.4. The third-order valence-corrected chi connectivity index (χ3v) is 5.51. The molecule has 0 saturated heterocycles. The van der Waals surface area contributed by atoms with Gasteiger partial charge in [0.05, 0.1) is 39.6 Å². The fourth-order valence-corrected chi connectivity index (χ4v) is 3.80. The molecular weight excluding hydrogens is 454 g/mol. The minimum atomic E-state index is -0.704. The number of methoxy groups -OCH3 is 4. The molecule has 0 saturated carbocycles. The van der Waals surface area contributed by atoms with Crippen LogP contribution in [0.4, 0.5) is 0 Å². The van der Waals surface area contributed by atoms with Crippen molar-refractivity contribution in [2.75, 3.05) is 35.0 Å². The molecule has 0 unspecified atom stereocenters. The predicted molar refractivity (Wildman–Crippen MR) is 127 cm³/mol. The van der Waals surface area contributed by atoms with Crippen LogP contribution in [0.2, 0.25) is 0 Å². The summed E-state index contributed by atoms with van der Waals surface area (Å²) in [5.41, 5.74) is 3.28. The summed E-state index contributed by atoms with van der Waals surface area (Å²) < 4.78 is 27.7. The number of nitrogens with zero attached hydrogens (tertiary/aromatic N) is 1. The number of ketones is 1. The first-order chi connectivity index (χ1) is 16.7. The Labute approximate surface area is 203 Å². The van der Waals surface area contributed by atoms with E-state index in [4.69, 9.17) is 23.7 Å². The summed E-state index contributed by atoms with van der Waals surface area (Å²) >= 11 is 0. The van der Waals surface area contributed by atoms with Gasteiger partial charge in [0.25, 0.3) is 0 Å². The Balaban J connectivity index is 1.78. The zero-order valence-electron chi connectivity index (χ0n) is 20.5. The smallest absolute Gasteiger partial charge is 0.338 e. The van der Waals surface area contributed by atoms with Crippen LogP contribution >= 0.6 is 0 Å². The van der Waals surface area contributed by atoms with Crippen LogP contribution in [0.1, 0.15) is 42.5 Å². The number of hydrogen-bond donors (Lipinski definition) is 0. The number of ether oxygens (including phenoxy) is 5. The maximum absolute atomic E-state index is 12.9. The molecule has 0 atom stereocenters. The van der Waals surface area contributed by atoms with Gasteiger partial charge >= 0.3 is 11.9 Å². The molecule has 0 amide bonds. The van der Waals surface area contributed by atoms with Crippen molar-refractivity contribution < 1.29 is 38.1 Å². The molecule has 0 spiro atoms. The van der Waals surface area contributed by atoms with Gasteiger partial charge in [-0.1, -0.05) is 0 Å². The number of carbonyl (C=O) groups excluding carboxylic acids is 3. The third-order valence-electron chi connectivity index (χ3n) is 5.51. The molecule has 3 rings (SSSR count). The van der Waals surface area contributed by atoms with E-state index in [0.717, 1.165) is 11.4 Å². The van der Waals surface area contributed by atoms with Crippen LogP contribution in [-0.2, 0) is 9.47 Å². The van der Waals surface area contributed by atoms with Gasteiger partial charge in [-0.05, 0) is 56.3 Å². The van der Waals surface area contributed by atoms with Gasteiger partial charge in [-0.25, -0.2) is 9.59 Å². The van der Waals surface area contributed by atoms with E-state index in [1.165, 1.54) is 40.6 Å². The highest BCUT2D eigenvalue weighted by Gasteiger charge is 2.21. The number of aromatic nitrogens is 1. The van der Waals surface area contributed by atoms with E-state index in [1.807, 2.05) is 11.5 Å². The molecule has 0 bridgehead atoms. The fourth-order valence-electron chi connectivity index (χ4n) is 3.80. The summed E-state index contributed by atoms with van der Waals surface area (Å²) in [5, 5.41) is 0. The average molecular weight is 482 g/mol. The summed E-state index contributed by atoms with van der Waals surface area (Å²) in [4.78, 5) is 37.2. The highest BCUT2D eigenvalue weighted by molar-refractivity contribution is 6.01. The van der Waals surface area contributed by atoms with Crippen molar-refractivity contribution in [1.29, 1.82) is 0 Å². The van der Waals surface area contributed by atoms with Gasteiger partial charge in [0.1, 0.15) is 0 Å². The van der Waals surface area contributed by atoms with Crippen LogP contribution in [0.5, 0.6) is 17.2 Å². The summed E-state index contributed by atoms with van der Waals surface area (Å²) in [6, 6.07) is 11.5. The molecule has 2 aromatic carbocycles. The zero-order chi connectivity index (χ0) is 25.7. The summed E-state index contributed by atoms with van der Waals surface area (Å²) in [7, 11) is 5.66. The van der Waals surface area contributed by atoms with Crippen LogP contribution in [0, 0.1) is 13.8 Å². The van der Waals surface area contributed by atoms with Gasteiger partial charge in [-0.3, -0.25) is 4.79 Å². The van der Waals surface area contributed by atoms with Crippen molar-refractivity contribution in [3.8, 4) is 22.9 Å². The highest BCUT2D eigenvalue weighted by Crippen LogP contribution is 2.38. The zero-order valence-corrected chi connectivity index (χ0v) is 20.5. The highest BCUT2D eigenvalue weighted by atomic mass is 16.5. The van der Waals surface area contributed by atoms with E-state index in [1.54, 1.807) is 37.3 Å². The van der Waals surface area contributed by atoms with Crippen LogP contribution in [-0.4, -0.2) is 57.3 Å². The molecule has 0 N–H and O–H groups in total. The molecule has 0 aliphatic heterocycles. The molecular formula is C26H27NO8. The Kier molecular flexibility index (Phi) is 7.80. The molecule has 0 fully saturated rings. The number of carbonyl (C=O) groups is 3. The lowest BCUT2D eigenvalue weighted by molar-refractivity contribution is 0.0473. The second kappa shape index (κ2) is 10.8. The maximum Gasteiger partial charge on any atom is 0.338 e. The average Bonchev–Trinajstić information content (AvgIpc) is 3.19. The lowest BCUT2D eigenvalue weighted by atomic mass is 10.1. The normalized spacial score (nSPS) is 10.5. The van der Waals surface area contributed by atoms with E-state index in [0.29, 0.717) is 34.1 Å². The van der Waals surface area contributed by atoms with Crippen LogP contribution in [0.3, 0.4) is 0 Å². The van der Waals surface area contributed by atoms with Crippen molar-refractivity contribution in [1.82, 2.24) is 4.57 Å². The van der Waals surface area contributed by atoms with E-state index in [-0.39, 0.29) is 11.3 Å². The Morgan fingerprint density at radius 2 is 1.37 bits per heavy atom. The van der Waals surface area contributed by atoms with Crippen molar-refractivity contribution in [2.24, 2.45) is 0 Å². The minimum Gasteiger partial charge on any atom is -0.493 e. The van der Waals surface area contributed by atoms with Crippen molar-refractivity contribution >= 4 is 17.7 Å². The third kappa shape index (κ3) is 5.13. The molecule has 0 radical (unpaired) electrons. The molecule has 184 valence electrons. The Morgan fingerprint density at radius 1 is 0.771 bits per heavy atom. The van der Waals surface area contributed by atoms with Gasteiger partial charge in [0.15, 0.2) is 18.1 Å².